The Morgan fingerprint density at radius 1 is 1.03 bits per heavy atom. The molecule has 3 aromatic carbocycles. The van der Waals surface area contributed by atoms with Crippen molar-refractivity contribution >= 4 is 21.6 Å². The predicted molar refractivity (Wildman–Crippen MR) is 134 cm³/mol. The fraction of sp³-hybridized carbons (Fsp3) is 0.296. The van der Waals surface area contributed by atoms with E-state index in [2.05, 4.69) is 6.92 Å². The molecule has 1 amide bonds. The summed E-state index contributed by atoms with van der Waals surface area (Å²) in [5, 5.41) is 0. The first-order valence-electron chi connectivity index (χ1n) is 11.5. The molecule has 178 valence electrons. The van der Waals surface area contributed by atoms with Gasteiger partial charge in [0.25, 0.3) is 15.9 Å². The van der Waals surface area contributed by atoms with Crippen LogP contribution in [0.3, 0.4) is 0 Å². The van der Waals surface area contributed by atoms with Gasteiger partial charge in [-0.15, -0.1) is 0 Å². The summed E-state index contributed by atoms with van der Waals surface area (Å²) in [6, 6.07) is 22.7. The van der Waals surface area contributed by atoms with E-state index in [1.807, 2.05) is 35.2 Å². The molecule has 0 saturated carbocycles. The second-order valence-corrected chi connectivity index (χ2v) is 10.6. The molecule has 4 rings (SSSR count). The minimum Gasteiger partial charge on any atom is -0.497 e. The zero-order valence-corrected chi connectivity index (χ0v) is 20.4. The second-order valence-electron chi connectivity index (χ2n) is 8.72. The summed E-state index contributed by atoms with van der Waals surface area (Å²) in [7, 11) is -2.38. The molecule has 0 bridgehead atoms. The summed E-state index contributed by atoms with van der Waals surface area (Å²) in [6.07, 6.45) is 2.07. The number of ether oxygens (including phenoxy) is 1. The maximum atomic E-state index is 13.9. The largest absolute Gasteiger partial charge is 0.497 e. The standard InChI is InChI=1S/C27H30N2O4S/c1-21-8-7-17-28(19-21)27(30)23-11-6-12-26(18-23)34(31,32)29(20-22-9-4-3-5-10-22)24-13-15-25(33-2)16-14-24/h3-6,9-16,18,21H,7-8,17,19-20H2,1-2H3/t21-/m1/s1. The van der Waals surface area contributed by atoms with Crippen LogP contribution in [0.25, 0.3) is 0 Å². The lowest BCUT2D eigenvalue weighted by atomic mass is 9.99. The molecule has 0 spiro atoms. The third kappa shape index (κ3) is 5.25. The van der Waals surface area contributed by atoms with Gasteiger partial charge in [0.2, 0.25) is 0 Å². The number of methoxy groups -OCH3 is 1. The smallest absolute Gasteiger partial charge is 0.264 e. The van der Waals surface area contributed by atoms with Crippen LogP contribution in [0, 0.1) is 5.92 Å². The number of benzene rings is 3. The Morgan fingerprint density at radius 2 is 1.76 bits per heavy atom. The SMILES string of the molecule is COc1ccc(N(Cc2ccccc2)S(=O)(=O)c2cccc(C(=O)N3CCC[C@@H](C)C3)c2)cc1. The highest BCUT2D eigenvalue weighted by atomic mass is 32.2. The lowest BCUT2D eigenvalue weighted by Crippen LogP contribution is -2.39. The first-order chi connectivity index (χ1) is 16.4. The molecule has 0 unspecified atom stereocenters. The summed E-state index contributed by atoms with van der Waals surface area (Å²) in [5.74, 6) is 0.966. The average molecular weight is 479 g/mol. The van der Waals surface area contributed by atoms with Gasteiger partial charge in [-0.3, -0.25) is 9.10 Å². The van der Waals surface area contributed by atoms with Gasteiger partial charge in [-0.2, -0.15) is 0 Å². The minimum atomic E-state index is -3.95. The number of sulfonamides is 1. The van der Waals surface area contributed by atoms with Gasteiger partial charge >= 0.3 is 0 Å². The molecule has 0 radical (unpaired) electrons. The monoisotopic (exact) mass is 478 g/mol. The summed E-state index contributed by atoms with van der Waals surface area (Å²) in [5.41, 5.74) is 1.77. The molecular formula is C27H30N2O4S. The normalized spacial score (nSPS) is 16.2. The Labute approximate surface area is 201 Å². The van der Waals surface area contributed by atoms with E-state index in [-0.39, 0.29) is 17.3 Å². The second kappa shape index (κ2) is 10.3. The van der Waals surface area contributed by atoms with E-state index in [0.29, 0.717) is 36.0 Å². The van der Waals surface area contributed by atoms with Crippen LogP contribution in [0.15, 0.2) is 83.8 Å². The molecule has 3 aromatic rings. The molecular weight excluding hydrogens is 448 g/mol. The fourth-order valence-corrected chi connectivity index (χ4v) is 5.79. The van der Waals surface area contributed by atoms with Gasteiger partial charge in [-0.1, -0.05) is 43.3 Å². The zero-order chi connectivity index (χ0) is 24.1. The molecule has 1 fully saturated rings. The van der Waals surface area contributed by atoms with Gasteiger partial charge in [0.1, 0.15) is 5.75 Å². The Morgan fingerprint density at radius 3 is 2.44 bits per heavy atom. The predicted octanol–water partition coefficient (Wildman–Crippen LogP) is 4.96. The number of amides is 1. The third-order valence-electron chi connectivity index (χ3n) is 6.14. The number of anilines is 1. The van der Waals surface area contributed by atoms with Crippen LogP contribution in [0.2, 0.25) is 0 Å². The Balaban J connectivity index is 1.69. The molecule has 1 aliphatic heterocycles. The number of rotatable bonds is 7. The number of nitrogens with zero attached hydrogens (tertiary/aromatic N) is 2. The van der Waals surface area contributed by atoms with E-state index in [4.69, 9.17) is 4.74 Å². The number of likely N-dealkylation sites (tertiary alicyclic amines) is 1. The van der Waals surface area contributed by atoms with Crippen molar-refractivity contribution in [1.82, 2.24) is 4.90 Å². The maximum Gasteiger partial charge on any atom is 0.264 e. The van der Waals surface area contributed by atoms with E-state index in [1.54, 1.807) is 49.6 Å². The van der Waals surface area contributed by atoms with Gasteiger partial charge in [0.15, 0.2) is 0 Å². The first kappa shape index (κ1) is 23.8. The van der Waals surface area contributed by atoms with Crippen molar-refractivity contribution in [2.75, 3.05) is 24.5 Å². The highest BCUT2D eigenvalue weighted by Gasteiger charge is 2.28. The van der Waals surface area contributed by atoms with Gasteiger partial charge in [-0.05, 0) is 66.8 Å². The van der Waals surface area contributed by atoms with Crippen molar-refractivity contribution in [2.45, 2.75) is 31.2 Å². The molecule has 6 nitrogen and oxygen atoms in total. The van der Waals surface area contributed by atoms with Gasteiger partial charge in [0, 0.05) is 18.7 Å². The molecule has 1 atom stereocenters. The maximum absolute atomic E-state index is 13.9. The highest BCUT2D eigenvalue weighted by molar-refractivity contribution is 7.92. The van der Waals surface area contributed by atoms with E-state index in [9.17, 15) is 13.2 Å². The van der Waals surface area contributed by atoms with Crippen molar-refractivity contribution < 1.29 is 17.9 Å². The van der Waals surface area contributed by atoms with Crippen LogP contribution in [0.1, 0.15) is 35.7 Å². The van der Waals surface area contributed by atoms with Crippen molar-refractivity contribution in [3.05, 3.63) is 90.0 Å². The molecule has 34 heavy (non-hydrogen) atoms. The Bertz CT molecular complexity index is 1230. The number of carbonyl (C=O) groups excluding carboxylic acids is 1. The van der Waals surface area contributed by atoms with E-state index < -0.39 is 10.0 Å². The van der Waals surface area contributed by atoms with Crippen LogP contribution < -0.4 is 9.04 Å². The van der Waals surface area contributed by atoms with Gasteiger partial charge in [-0.25, -0.2) is 8.42 Å². The van der Waals surface area contributed by atoms with E-state index in [0.717, 1.165) is 18.4 Å². The number of hydrogen-bond donors (Lipinski definition) is 0. The Hall–Kier alpha value is -3.32. The van der Waals surface area contributed by atoms with Gasteiger partial charge < -0.3 is 9.64 Å². The molecule has 1 heterocycles. The number of carbonyl (C=O) groups is 1. The quantitative estimate of drug-likeness (QED) is 0.481. The van der Waals surface area contributed by atoms with Crippen molar-refractivity contribution in [3.8, 4) is 5.75 Å². The van der Waals surface area contributed by atoms with Gasteiger partial charge in [0.05, 0.1) is 24.2 Å². The molecule has 7 heteroatoms. The lowest BCUT2D eigenvalue weighted by molar-refractivity contribution is 0.0683. The lowest BCUT2D eigenvalue weighted by Gasteiger charge is -2.31. The third-order valence-corrected chi connectivity index (χ3v) is 7.91. The molecule has 1 aliphatic rings. The van der Waals surface area contributed by atoms with E-state index in [1.165, 1.54) is 10.4 Å². The highest BCUT2D eigenvalue weighted by Crippen LogP contribution is 2.29. The van der Waals surface area contributed by atoms with Crippen LogP contribution in [0.4, 0.5) is 5.69 Å². The molecule has 1 saturated heterocycles. The average Bonchev–Trinajstić information content (AvgIpc) is 2.87. The zero-order valence-electron chi connectivity index (χ0n) is 19.6. The summed E-state index contributed by atoms with van der Waals surface area (Å²) >= 11 is 0. The van der Waals surface area contributed by atoms with Crippen molar-refractivity contribution in [2.24, 2.45) is 5.92 Å². The summed E-state index contributed by atoms with van der Waals surface area (Å²) in [4.78, 5) is 15.0. The summed E-state index contributed by atoms with van der Waals surface area (Å²) in [6.45, 7) is 3.70. The topological polar surface area (TPSA) is 66.9 Å². The Kier molecular flexibility index (Phi) is 7.22. The van der Waals surface area contributed by atoms with Crippen molar-refractivity contribution in [1.29, 1.82) is 0 Å². The van der Waals surface area contributed by atoms with E-state index >= 15 is 0 Å². The van der Waals surface area contributed by atoms with Crippen LogP contribution >= 0.6 is 0 Å². The summed E-state index contributed by atoms with van der Waals surface area (Å²) < 4.78 is 34.3. The number of hydrogen-bond acceptors (Lipinski definition) is 4. The number of piperidine rings is 1. The van der Waals surface area contributed by atoms with Crippen LogP contribution in [-0.2, 0) is 16.6 Å². The van der Waals surface area contributed by atoms with Crippen LogP contribution in [0.5, 0.6) is 5.75 Å². The van der Waals surface area contributed by atoms with Crippen molar-refractivity contribution in [3.63, 3.8) is 0 Å². The molecule has 0 aromatic heterocycles. The fourth-order valence-electron chi connectivity index (χ4n) is 4.29. The molecule has 0 N–H and O–H groups in total. The molecule has 0 aliphatic carbocycles. The van der Waals surface area contributed by atoms with Crippen LogP contribution in [-0.4, -0.2) is 39.4 Å². The first-order valence-corrected chi connectivity index (χ1v) is 12.9. The minimum absolute atomic E-state index is 0.0927.